The van der Waals surface area contributed by atoms with Crippen molar-refractivity contribution < 1.29 is 37.0 Å². The Balaban J connectivity index is 2.01. The van der Waals surface area contributed by atoms with Gasteiger partial charge in [-0.25, -0.2) is 18.0 Å². The van der Waals surface area contributed by atoms with Crippen molar-refractivity contribution in [3.63, 3.8) is 0 Å². The molecule has 0 unspecified atom stereocenters. The van der Waals surface area contributed by atoms with E-state index in [1.54, 1.807) is 24.3 Å². The average Bonchev–Trinajstić information content (AvgIpc) is 2.79. The summed E-state index contributed by atoms with van der Waals surface area (Å²) in [5.74, 6) is -0.416. The van der Waals surface area contributed by atoms with Crippen LogP contribution in [0.1, 0.15) is 13.8 Å². The van der Waals surface area contributed by atoms with Crippen molar-refractivity contribution in [3.8, 4) is 11.5 Å². The Kier molecular flexibility index (Phi) is 9.23. The summed E-state index contributed by atoms with van der Waals surface area (Å²) in [6, 6.07) is 12.0. The number of carbonyl (C=O) groups is 2. The lowest BCUT2D eigenvalue weighted by Gasteiger charge is -2.11. The molecule has 0 aliphatic carbocycles. The molecule has 0 bridgehead atoms. The third-order valence-corrected chi connectivity index (χ3v) is 5.85. The molecule has 33 heavy (non-hydrogen) atoms. The van der Waals surface area contributed by atoms with E-state index in [9.17, 15) is 18.0 Å². The predicted octanol–water partition coefficient (Wildman–Crippen LogP) is 3.52. The van der Waals surface area contributed by atoms with E-state index in [0.717, 1.165) is 0 Å². The molecule has 176 valence electrons. The zero-order chi connectivity index (χ0) is 24.4. The number of esters is 2. The predicted molar refractivity (Wildman–Crippen MR) is 121 cm³/mol. The van der Waals surface area contributed by atoms with Crippen molar-refractivity contribution in [2.45, 2.75) is 23.6 Å². The summed E-state index contributed by atoms with van der Waals surface area (Å²) >= 11 is 0. The van der Waals surface area contributed by atoms with Gasteiger partial charge < -0.3 is 18.9 Å². The number of ether oxygens (including phenoxy) is 4. The third-order valence-electron chi connectivity index (χ3n) is 4.10. The lowest BCUT2D eigenvalue weighted by molar-refractivity contribution is -0.140. The van der Waals surface area contributed by atoms with Gasteiger partial charge in [0.15, 0.2) is 0 Å². The first-order valence-electron chi connectivity index (χ1n) is 9.97. The van der Waals surface area contributed by atoms with Gasteiger partial charge in [-0.3, -0.25) is 0 Å². The number of benzene rings is 2. The van der Waals surface area contributed by atoms with E-state index in [1.165, 1.54) is 38.1 Å². The number of hydrogen-bond acceptors (Lipinski definition) is 8. The molecule has 0 heterocycles. The van der Waals surface area contributed by atoms with Crippen LogP contribution in [0.25, 0.3) is 0 Å². The van der Waals surface area contributed by atoms with Gasteiger partial charge in [-0.2, -0.15) is 0 Å². The van der Waals surface area contributed by atoms with Crippen LogP contribution >= 0.6 is 0 Å². The van der Waals surface area contributed by atoms with Gasteiger partial charge in [0.2, 0.25) is 9.84 Å². The number of hydrogen-bond donors (Lipinski definition) is 0. The summed E-state index contributed by atoms with van der Waals surface area (Å²) in [6.07, 6.45) is 0. The smallest absolute Gasteiger partial charge is 0.333 e. The maximum atomic E-state index is 13.1. The topological polar surface area (TPSA) is 105 Å². The van der Waals surface area contributed by atoms with Gasteiger partial charge in [-0.05, 0) is 50.2 Å². The van der Waals surface area contributed by atoms with Crippen LogP contribution in [0.5, 0.6) is 11.5 Å². The molecule has 0 amide bonds. The van der Waals surface area contributed by atoms with Crippen LogP contribution in [0, 0.1) is 0 Å². The molecular formula is C24H26O8S. The van der Waals surface area contributed by atoms with Crippen LogP contribution in [0.2, 0.25) is 0 Å². The normalized spacial score (nSPS) is 10.7. The molecule has 9 heteroatoms. The van der Waals surface area contributed by atoms with Gasteiger partial charge in [0, 0.05) is 11.1 Å². The van der Waals surface area contributed by atoms with Gasteiger partial charge in [0.25, 0.3) is 0 Å². The van der Waals surface area contributed by atoms with Gasteiger partial charge in [-0.15, -0.1) is 0 Å². The first-order chi connectivity index (χ1) is 15.6. The third kappa shape index (κ3) is 7.80. The zero-order valence-electron chi connectivity index (χ0n) is 18.5. The van der Waals surface area contributed by atoms with Crippen molar-refractivity contribution in [3.05, 3.63) is 72.8 Å². The Bertz CT molecular complexity index is 1050. The standard InChI is InChI=1S/C24H26O8S/c1-17(2)23(25)31-13-11-29-19-7-5-9-21(15-19)33(27,28)22-10-6-8-20(16-22)30-12-14-32-24(26)18(3)4/h5-10,15-16H,1,3,11-14H2,2,4H3. The summed E-state index contributed by atoms with van der Waals surface area (Å²) in [4.78, 5) is 22.8. The monoisotopic (exact) mass is 474 g/mol. The second-order valence-electron chi connectivity index (χ2n) is 6.98. The van der Waals surface area contributed by atoms with Gasteiger partial charge in [0.05, 0.1) is 9.79 Å². The molecule has 0 saturated heterocycles. The van der Waals surface area contributed by atoms with E-state index in [0.29, 0.717) is 11.5 Å². The molecule has 0 radical (unpaired) electrons. The lowest BCUT2D eigenvalue weighted by Crippen LogP contribution is -2.13. The van der Waals surface area contributed by atoms with Gasteiger partial charge in [-0.1, -0.05) is 25.3 Å². The minimum absolute atomic E-state index is 0.00370. The minimum Gasteiger partial charge on any atom is -0.490 e. The summed E-state index contributed by atoms with van der Waals surface area (Å²) < 4.78 is 47.0. The van der Waals surface area contributed by atoms with Gasteiger partial charge in [0.1, 0.15) is 37.9 Å². The first-order valence-corrected chi connectivity index (χ1v) is 11.5. The van der Waals surface area contributed by atoms with E-state index >= 15 is 0 Å². The molecule has 0 aliphatic heterocycles. The van der Waals surface area contributed by atoms with E-state index in [4.69, 9.17) is 18.9 Å². The Morgan fingerprint density at radius 1 is 0.727 bits per heavy atom. The second-order valence-corrected chi connectivity index (χ2v) is 8.93. The highest BCUT2D eigenvalue weighted by Gasteiger charge is 2.19. The second kappa shape index (κ2) is 11.9. The molecule has 8 nitrogen and oxygen atoms in total. The fourth-order valence-corrected chi connectivity index (χ4v) is 3.76. The molecule has 0 aromatic heterocycles. The molecular weight excluding hydrogens is 448 g/mol. The largest absolute Gasteiger partial charge is 0.490 e. The van der Waals surface area contributed by atoms with Crippen LogP contribution in [0.15, 0.2) is 82.6 Å². The van der Waals surface area contributed by atoms with Crippen LogP contribution < -0.4 is 9.47 Å². The SMILES string of the molecule is C=C(C)C(=O)OCCOc1cccc(S(=O)(=O)c2cccc(OCCOC(=O)C(=C)C)c2)c1. The van der Waals surface area contributed by atoms with Crippen molar-refractivity contribution in [1.29, 1.82) is 0 Å². The summed E-state index contributed by atoms with van der Waals surface area (Å²) in [7, 11) is -3.85. The minimum atomic E-state index is -3.85. The highest BCUT2D eigenvalue weighted by atomic mass is 32.2. The molecule has 0 spiro atoms. The molecule has 0 saturated carbocycles. The van der Waals surface area contributed by atoms with Crippen LogP contribution in [-0.4, -0.2) is 46.8 Å². The van der Waals surface area contributed by atoms with Crippen molar-refractivity contribution in [1.82, 2.24) is 0 Å². The van der Waals surface area contributed by atoms with E-state index in [-0.39, 0.29) is 47.4 Å². The maximum Gasteiger partial charge on any atom is 0.333 e. The number of carbonyl (C=O) groups excluding carboxylic acids is 2. The molecule has 2 rings (SSSR count). The molecule has 0 fully saturated rings. The van der Waals surface area contributed by atoms with Crippen LogP contribution in [-0.2, 0) is 28.9 Å². The number of rotatable bonds is 12. The first kappa shape index (κ1) is 25.7. The highest BCUT2D eigenvalue weighted by Crippen LogP contribution is 2.26. The van der Waals surface area contributed by atoms with Crippen molar-refractivity contribution >= 4 is 21.8 Å². The molecule has 0 aliphatic rings. The summed E-state index contributed by atoms with van der Waals surface area (Å²) in [5.41, 5.74) is 0.560. The Hall–Kier alpha value is -3.59. The van der Waals surface area contributed by atoms with Crippen LogP contribution in [0.4, 0.5) is 0 Å². The Morgan fingerprint density at radius 3 is 1.48 bits per heavy atom. The molecule has 0 N–H and O–H groups in total. The van der Waals surface area contributed by atoms with E-state index < -0.39 is 21.8 Å². The summed E-state index contributed by atoms with van der Waals surface area (Å²) in [6.45, 7) is 10.2. The Labute approximate surface area is 193 Å². The molecule has 2 aromatic carbocycles. The van der Waals surface area contributed by atoms with Crippen molar-refractivity contribution in [2.24, 2.45) is 0 Å². The highest BCUT2D eigenvalue weighted by molar-refractivity contribution is 7.91. The van der Waals surface area contributed by atoms with E-state index in [1.807, 2.05) is 0 Å². The molecule has 2 aromatic rings. The van der Waals surface area contributed by atoms with Gasteiger partial charge >= 0.3 is 11.9 Å². The Morgan fingerprint density at radius 2 is 1.12 bits per heavy atom. The fourth-order valence-electron chi connectivity index (χ4n) is 2.43. The van der Waals surface area contributed by atoms with Crippen molar-refractivity contribution in [2.75, 3.05) is 26.4 Å². The molecule has 0 atom stereocenters. The average molecular weight is 475 g/mol. The zero-order valence-corrected chi connectivity index (χ0v) is 19.4. The lowest BCUT2D eigenvalue weighted by atomic mass is 10.3. The number of sulfone groups is 1. The van der Waals surface area contributed by atoms with Crippen LogP contribution in [0.3, 0.4) is 0 Å². The fraction of sp³-hybridized carbons (Fsp3) is 0.250. The summed E-state index contributed by atoms with van der Waals surface area (Å²) in [5, 5.41) is 0. The van der Waals surface area contributed by atoms with E-state index in [2.05, 4.69) is 13.2 Å². The maximum absolute atomic E-state index is 13.1. The quantitative estimate of drug-likeness (QED) is 0.261.